The number of anilines is 1. The molecule has 1 heterocycles. The highest BCUT2D eigenvalue weighted by atomic mass is 79.9. The maximum atomic E-state index is 13.1. The minimum Gasteiger partial charge on any atom is -0.444 e. The molecule has 29 heavy (non-hydrogen) atoms. The van der Waals surface area contributed by atoms with E-state index in [0.29, 0.717) is 11.8 Å². The molecule has 2 amide bonds. The van der Waals surface area contributed by atoms with Crippen LogP contribution >= 0.6 is 15.9 Å². The van der Waals surface area contributed by atoms with Gasteiger partial charge in [0, 0.05) is 16.2 Å². The lowest BCUT2D eigenvalue weighted by atomic mass is 9.89. The van der Waals surface area contributed by atoms with Crippen molar-refractivity contribution in [2.75, 3.05) is 5.32 Å². The van der Waals surface area contributed by atoms with E-state index in [-0.39, 0.29) is 21.8 Å². The summed E-state index contributed by atoms with van der Waals surface area (Å²) in [5.74, 6) is 0.322. The maximum Gasteiger partial charge on any atom is 0.408 e. The zero-order valence-electron chi connectivity index (χ0n) is 16.7. The molecular formula is C20H26BrF2N3O3. The fraction of sp³-hybridized carbons (Fsp3) is 0.650. The number of carbonyl (C=O) groups excluding carboxylic acids is 2. The Hall–Kier alpha value is -1.77. The topological polar surface area (TPSA) is 80.3 Å². The molecule has 0 spiro atoms. The molecule has 3 rings (SSSR count). The molecule has 1 aromatic heterocycles. The molecule has 0 bridgehead atoms. The second kappa shape index (κ2) is 8.53. The summed E-state index contributed by atoms with van der Waals surface area (Å²) in [6, 6.07) is 0.339. The normalized spacial score (nSPS) is 17.9. The van der Waals surface area contributed by atoms with Crippen molar-refractivity contribution in [3.05, 3.63) is 22.3 Å². The van der Waals surface area contributed by atoms with Crippen LogP contribution < -0.4 is 10.6 Å². The summed E-state index contributed by atoms with van der Waals surface area (Å²) < 4.78 is 31.8. The number of nitrogens with zero attached hydrogens (tertiary/aromatic N) is 1. The van der Waals surface area contributed by atoms with E-state index in [4.69, 9.17) is 4.74 Å². The van der Waals surface area contributed by atoms with Gasteiger partial charge in [-0.05, 0) is 86.2 Å². The van der Waals surface area contributed by atoms with E-state index in [1.54, 1.807) is 20.8 Å². The quantitative estimate of drug-likeness (QED) is 0.580. The molecule has 2 N–H and O–H groups in total. The minimum atomic E-state index is -2.70. The average molecular weight is 474 g/mol. The van der Waals surface area contributed by atoms with E-state index in [2.05, 4.69) is 31.5 Å². The molecule has 2 saturated carbocycles. The van der Waals surface area contributed by atoms with Crippen molar-refractivity contribution in [1.82, 2.24) is 10.3 Å². The van der Waals surface area contributed by atoms with Crippen LogP contribution in [-0.4, -0.2) is 28.6 Å². The summed E-state index contributed by atoms with van der Waals surface area (Å²) in [7, 11) is 0. The fourth-order valence-electron chi connectivity index (χ4n) is 3.56. The van der Waals surface area contributed by atoms with Crippen LogP contribution in [-0.2, 0) is 9.53 Å². The Morgan fingerprint density at radius 1 is 1.21 bits per heavy atom. The molecular weight excluding hydrogens is 448 g/mol. The fourth-order valence-corrected chi connectivity index (χ4v) is 3.95. The van der Waals surface area contributed by atoms with Crippen molar-refractivity contribution < 1.29 is 23.1 Å². The Morgan fingerprint density at radius 3 is 2.28 bits per heavy atom. The number of ether oxygens (including phenoxy) is 1. The van der Waals surface area contributed by atoms with E-state index in [9.17, 15) is 18.4 Å². The Bertz CT molecular complexity index is 765. The Morgan fingerprint density at radius 2 is 1.79 bits per heavy atom. The zero-order valence-corrected chi connectivity index (χ0v) is 18.3. The Balaban J connectivity index is 1.78. The van der Waals surface area contributed by atoms with Gasteiger partial charge in [-0.25, -0.2) is 18.6 Å². The lowest BCUT2D eigenvalue weighted by molar-refractivity contribution is -0.120. The van der Waals surface area contributed by atoms with Crippen molar-refractivity contribution in [3.63, 3.8) is 0 Å². The molecule has 1 atom stereocenters. The first-order valence-electron chi connectivity index (χ1n) is 9.79. The highest BCUT2D eigenvalue weighted by molar-refractivity contribution is 9.10. The zero-order chi connectivity index (χ0) is 21.3. The molecule has 2 fully saturated rings. The van der Waals surface area contributed by atoms with Gasteiger partial charge in [0.2, 0.25) is 5.91 Å². The van der Waals surface area contributed by atoms with Gasteiger partial charge in [0.05, 0.1) is 0 Å². The number of alkyl halides is 2. The smallest absolute Gasteiger partial charge is 0.408 e. The molecule has 2 aliphatic carbocycles. The van der Waals surface area contributed by atoms with Crippen LogP contribution in [0.25, 0.3) is 0 Å². The molecule has 1 unspecified atom stereocenters. The van der Waals surface area contributed by atoms with Crippen molar-refractivity contribution >= 4 is 33.7 Å². The van der Waals surface area contributed by atoms with Crippen LogP contribution in [0.1, 0.15) is 58.4 Å². The van der Waals surface area contributed by atoms with Crippen LogP contribution in [0, 0.1) is 17.8 Å². The summed E-state index contributed by atoms with van der Waals surface area (Å²) in [6.45, 7) is 5.25. The second-order valence-electron chi connectivity index (χ2n) is 8.76. The number of pyridine rings is 1. The maximum absolute atomic E-state index is 13.1. The number of carbonyl (C=O) groups is 2. The molecule has 0 aromatic carbocycles. The minimum absolute atomic E-state index is 0.00698. The van der Waals surface area contributed by atoms with E-state index < -0.39 is 30.1 Å². The summed E-state index contributed by atoms with van der Waals surface area (Å²) in [4.78, 5) is 29.4. The standard InChI is InChI=1S/C20H26BrF2N3O3/c1-20(2,3)29-19(28)26-16(15(10-4-5-10)11-6-7-11)18(27)25-14-8-12(17(22)23)13(21)9-24-14/h8-11,15-17H,4-7H2,1-3H3,(H,26,28)(H,24,25,27). The summed E-state index contributed by atoms with van der Waals surface area (Å²) in [5.41, 5.74) is -0.952. The third-order valence-corrected chi connectivity index (χ3v) is 5.71. The van der Waals surface area contributed by atoms with E-state index in [1.807, 2.05) is 0 Å². The van der Waals surface area contributed by atoms with Gasteiger partial charge < -0.3 is 15.4 Å². The first-order valence-corrected chi connectivity index (χ1v) is 10.6. The summed E-state index contributed by atoms with van der Waals surface area (Å²) in [5, 5.41) is 5.33. The third-order valence-electron chi connectivity index (χ3n) is 5.04. The summed E-state index contributed by atoms with van der Waals surface area (Å²) >= 11 is 3.04. The third kappa shape index (κ3) is 6.10. The SMILES string of the molecule is CC(C)(C)OC(=O)NC(C(=O)Nc1cc(C(F)F)c(Br)cn1)C(C1CC1)C1CC1. The molecule has 0 radical (unpaired) electrons. The second-order valence-corrected chi connectivity index (χ2v) is 9.61. The molecule has 0 aliphatic heterocycles. The van der Waals surface area contributed by atoms with Crippen LogP contribution in [0.4, 0.5) is 19.4 Å². The first kappa shape index (κ1) is 21.9. The molecule has 1 aromatic rings. The van der Waals surface area contributed by atoms with E-state index in [0.717, 1.165) is 31.7 Å². The number of rotatable bonds is 7. The lowest BCUT2D eigenvalue weighted by Crippen LogP contribution is -2.51. The first-order chi connectivity index (χ1) is 13.5. The number of halogens is 3. The van der Waals surface area contributed by atoms with Gasteiger partial charge >= 0.3 is 6.09 Å². The van der Waals surface area contributed by atoms with E-state index in [1.165, 1.54) is 6.20 Å². The number of alkyl carbamates (subject to hydrolysis) is 1. The predicted molar refractivity (Wildman–Crippen MR) is 108 cm³/mol. The number of hydrogen-bond donors (Lipinski definition) is 2. The number of amides is 2. The van der Waals surface area contributed by atoms with Gasteiger partial charge in [-0.1, -0.05) is 0 Å². The monoisotopic (exact) mass is 473 g/mol. The molecule has 9 heteroatoms. The van der Waals surface area contributed by atoms with Crippen LogP contribution in [0.3, 0.4) is 0 Å². The Kier molecular flexibility index (Phi) is 6.45. The van der Waals surface area contributed by atoms with Crippen molar-refractivity contribution in [3.8, 4) is 0 Å². The predicted octanol–water partition coefficient (Wildman–Crippen LogP) is 5.05. The highest BCUT2D eigenvalue weighted by Gasteiger charge is 2.48. The number of hydrogen-bond acceptors (Lipinski definition) is 4. The summed E-state index contributed by atoms with van der Waals surface area (Å²) in [6.07, 6.45) is 1.94. The van der Waals surface area contributed by atoms with Gasteiger partial charge in [0.15, 0.2) is 0 Å². The van der Waals surface area contributed by atoms with Crippen LogP contribution in [0.5, 0.6) is 0 Å². The molecule has 0 saturated heterocycles. The molecule has 6 nitrogen and oxygen atoms in total. The van der Waals surface area contributed by atoms with Gasteiger partial charge in [-0.3, -0.25) is 4.79 Å². The van der Waals surface area contributed by atoms with Crippen molar-refractivity contribution in [2.24, 2.45) is 17.8 Å². The van der Waals surface area contributed by atoms with Gasteiger partial charge in [-0.2, -0.15) is 0 Å². The van der Waals surface area contributed by atoms with Crippen LogP contribution in [0.2, 0.25) is 0 Å². The highest BCUT2D eigenvalue weighted by Crippen LogP contribution is 2.51. The van der Waals surface area contributed by atoms with Crippen molar-refractivity contribution in [1.29, 1.82) is 0 Å². The number of aromatic nitrogens is 1. The molecule has 2 aliphatic rings. The largest absolute Gasteiger partial charge is 0.444 e. The van der Waals surface area contributed by atoms with Gasteiger partial charge in [-0.15, -0.1) is 0 Å². The van der Waals surface area contributed by atoms with E-state index >= 15 is 0 Å². The van der Waals surface area contributed by atoms with Gasteiger partial charge in [0.25, 0.3) is 6.43 Å². The van der Waals surface area contributed by atoms with Crippen LogP contribution in [0.15, 0.2) is 16.7 Å². The lowest BCUT2D eigenvalue weighted by Gasteiger charge is -2.29. The Labute approximate surface area is 177 Å². The van der Waals surface area contributed by atoms with Crippen molar-refractivity contribution in [2.45, 2.75) is 64.5 Å². The van der Waals surface area contributed by atoms with Gasteiger partial charge in [0.1, 0.15) is 17.5 Å². The molecule has 160 valence electrons. The average Bonchev–Trinajstić information content (AvgIpc) is 3.48. The number of nitrogens with one attached hydrogen (secondary N) is 2.